The van der Waals surface area contributed by atoms with Crippen molar-refractivity contribution >= 4 is 14.0 Å². The summed E-state index contributed by atoms with van der Waals surface area (Å²) in [6, 6.07) is 1.08. The van der Waals surface area contributed by atoms with Crippen LogP contribution in [-0.4, -0.2) is 57.1 Å². The van der Waals surface area contributed by atoms with Gasteiger partial charge in [-0.2, -0.15) is 0 Å². The van der Waals surface area contributed by atoms with Crippen molar-refractivity contribution in [2.24, 2.45) is 0 Å². The second-order valence-corrected chi connectivity index (χ2v) is 15.2. The summed E-state index contributed by atoms with van der Waals surface area (Å²) in [7, 11) is -1.13. The molecular formula is C19H32O6Si. The van der Waals surface area contributed by atoms with E-state index in [2.05, 4.69) is 19.6 Å². The number of fused-ring (bicyclic) bond motifs is 4. The molecule has 7 heteroatoms. The van der Waals surface area contributed by atoms with Gasteiger partial charge >= 0.3 is 5.97 Å². The number of carbonyl (C=O) groups is 1. The van der Waals surface area contributed by atoms with E-state index in [-0.39, 0.29) is 31.1 Å². The topological polar surface area (TPSA) is 63.2 Å². The van der Waals surface area contributed by atoms with Crippen LogP contribution < -0.4 is 0 Å². The van der Waals surface area contributed by atoms with Crippen molar-refractivity contribution < 1.29 is 28.5 Å². The first-order chi connectivity index (χ1) is 12.3. The molecule has 0 aromatic carbocycles. The molecule has 0 radical (unpaired) electrons. The molecule has 0 aromatic heterocycles. The van der Waals surface area contributed by atoms with Gasteiger partial charge in [-0.25, -0.2) is 4.79 Å². The fourth-order valence-electron chi connectivity index (χ4n) is 4.63. The maximum atomic E-state index is 12.5. The third-order valence-corrected chi connectivity index (χ3v) is 7.88. The Hall–Kier alpha value is -0.473. The Morgan fingerprint density at radius 1 is 1.08 bits per heavy atom. The number of rotatable bonds is 6. The van der Waals surface area contributed by atoms with Gasteiger partial charge in [0.2, 0.25) is 0 Å². The molecule has 1 spiro atoms. The van der Waals surface area contributed by atoms with Crippen molar-refractivity contribution in [1.82, 2.24) is 0 Å². The molecule has 2 bridgehead atoms. The summed E-state index contributed by atoms with van der Waals surface area (Å²) in [6.45, 7) is 7.76. The Morgan fingerprint density at radius 3 is 2.54 bits per heavy atom. The Bertz CT molecular complexity index is 541. The number of esters is 1. The maximum Gasteiger partial charge on any atom is 0.339 e. The van der Waals surface area contributed by atoms with Crippen LogP contribution in [0.25, 0.3) is 0 Å². The van der Waals surface area contributed by atoms with Gasteiger partial charge in [-0.05, 0) is 18.9 Å². The van der Waals surface area contributed by atoms with E-state index < -0.39 is 19.5 Å². The van der Waals surface area contributed by atoms with Gasteiger partial charge in [0.1, 0.15) is 19.0 Å². The molecule has 2 aliphatic heterocycles. The van der Waals surface area contributed by atoms with Crippen LogP contribution in [0.1, 0.15) is 44.9 Å². The monoisotopic (exact) mass is 384 g/mol. The first-order valence-corrected chi connectivity index (χ1v) is 13.8. The Kier molecular flexibility index (Phi) is 4.97. The number of ether oxygens (including phenoxy) is 5. The van der Waals surface area contributed by atoms with Crippen molar-refractivity contribution in [2.75, 3.05) is 13.4 Å². The number of carbonyl (C=O) groups excluding carboxylic acids is 1. The van der Waals surface area contributed by atoms with Crippen molar-refractivity contribution in [3.8, 4) is 0 Å². The quantitative estimate of drug-likeness (QED) is 0.303. The van der Waals surface area contributed by atoms with E-state index in [1.165, 1.54) is 6.42 Å². The Labute approximate surface area is 156 Å². The van der Waals surface area contributed by atoms with Gasteiger partial charge < -0.3 is 23.7 Å². The van der Waals surface area contributed by atoms with Crippen molar-refractivity contribution in [3.05, 3.63) is 0 Å². The lowest BCUT2D eigenvalue weighted by molar-refractivity contribution is -0.207. The molecule has 4 rings (SSSR count). The minimum Gasteiger partial charge on any atom is -0.457 e. The summed E-state index contributed by atoms with van der Waals surface area (Å²) >= 11 is 0. The standard InChI is InChI=1S/C19H32O6Si/c1-26(2,3)10-9-21-13-22-18-11-14(23-17(18)20)16-15(12-18)24-19(25-16)7-5-4-6-8-19/h14-16H,4-13H2,1-3H3/t14-,15-,16+,18-/m1/s1. The van der Waals surface area contributed by atoms with Crippen LogP contribution in [0.5, 0.6) is 0 Å². The smallest absolute Gasteiger partial charge is 0.339 e. The van der Waals surface area contributed by atoms with E-state index >= 15 is 0 Å². The van der Waals surface area contributed by atoms with Crippen LogP contribution >= 0.6 is 0 Å². The van der Waals surface area contributed by atoms with E-state index in [4.69, 9.17) is 23.7 Å². The fraction of sp³-hybridized carbons (Fsp3) is 0.947. The number of hydrogen-bond acceptors (Lipinski definition) is 6. The molecule has 0 unspecified atom stereocenters. The zero-order valence-electron chi connectivity index (χ0n) is 16.3. The maximum absolute atomic E-state index is 12.5. The molecule has 26 heavy (non-hydrogen) atoms. The van der Waals surface area contributed by atoms with E-state index in [0.29, 0.717) is 19.4 Å². The fourth-order valence-corrected chi connectivity index (χ4v) is 5.39. The van der Waals surface area contributed by atoms with Crippen LogP contribution in [0.4, 0.5) is 0 Å². The molecule has 0 N–H and O–H groups in total. The molecule has 0 aromatic rings. The summed E-state index contributed by atoms with van der Waals surface area (Å²) in [5.41, 5.74) is -0.922. The van der Waals surface area contributed by atoms with Gasteiger partial charge in [0.15, 0.2) is 11.4 Å². The molecule has 2 saturated carbocycles. The highest BCUT2D eigenvalue weighted by Crippen LogP contribution is 2.51. The molecule has 6 nitrogen and oxygen atoms in total. The average Bonchev–Trinajstić information content (AvgIpc) is 3.04. The van der Waals surface area contributed by atoms with Gasteiger partial charge in [0, 0.05) is 40.4 Å². The highest BCUT2D eigenvalue weighted by atomic mass is 28.3. The lowest BCUT2D eigenvalue weighted by Gasteiger charge is -2.33. The SMILES string of the molecule is C[Si](C)(C)CCOCO[C@@]12C[C@@H](OC1=O)[C@@H]1OC3(CCCCC3)O[C@@H]1C2. The molecule has 2 saturated heterocycles. The summed E-state index contributed by atoms with van der Waals surface area (Å²) in [4.78, 5) is 12.5. The lowest BCUT2D eigenvalue weighted by atomic mass is 9.82. The van der Waals surface area contributed by atoms with Gasteiger partial charge in [0.05, 0.1) is 6.10 Å². The third kappa shape index (κ3) is 3.61. The summed E-state index contributed by atoms with van der Waals surface area (Å²) in [6.07, 6.45) is 5.91. The normalized spacial score (nSPS) is 38.4. The minimum absolute atomic E-state index is 0.125. The zero-order chi connectivity index (χ0) is 18.4. The highest BCUT2D eigenvalue weighted by Gasteiger charge is 2.65. The Balaban J connectivity index is 1.35. The lowest BCUT2D eigenvalue weighted by Crippen LogP contribution is -2.49. The molecule has 0 amide bonds. The second kappa shape index (κ2) is 6.85. The van der Waals surface area contributed by atoms with Crippen LogP contribution in [-0.2, 0) is 28.5 Å². The van der Waals surface area contributed by atoms with Crippen LogP contribution in [0.3, 0.4) is 0 Å². The van der Waals surface area contributed by atoms with Crippen LogP contribution in [0, 0.1) is 0 Å². The summed E-state index contributed by atoms with van der Waals surface area (Å²) < 4.78 is 29.9. The first-order valence-electron chi connectivity index (χ1n) is 10.1. The molecular weight excluding hydrogens is 352 g/mol. The first kappa shape index (κ1) is 18.9. The average molecular weight is 385 g/mol. The summed E-state index contributed by atoms with van der Waals surface area (Å²) in [5, 5.41) is 0. The molecule has 4 fully saturated rings. The molecule has 2 heterocycles. The van der Waals surface area contributed by atoms with Gasteiger partial charge in [-0.3, -0.25) is 0 Å². The van der Waals surface area contributed by atoms with Crippen molar-refractivity contribution in [3.63, 3.8) is 0 Å². The van der Waals surface area contributed by atoms with Gasteiger partial charge in [-0.1, -0.05) is 26.1 Å². The Morgan fingerprint density at radius 2 is 1.81 bits per heavy atom. The van der Waals surface area contributed by atoms with Crippen molar-refractivity contribution in [1.29, 1.82) is 0 Å². The predicted octanol–water partition coefficient (Wildman–Crippen LogP) is 3.22. The van der Waals surface area contributed by atoms with E-state index in [1.54, 1.807) is 0 Å². The van der Waals surface area contributed by atoms with Crippen molar-refractivity contribution in [2.45, 2.75) is 100 Å². The van der Waals surface area contributed by atoms with E-state index in [9.17, 15) is 4.79 Å². The van der Waals surface area contributed by atoms with Crippen LogP contribution in [0.15, 0.2) is 0 Å². The largest absolute Gasteiger partial charge is 0.457 e. The predicted molar refractivity (Wildman–Crippen MR) is 97.5 cm³/mol. The molecule has 148 valence electrons. The second-order valence-electron chi connectivity index (χ2n) is 9.54. The van der Waals surface area contributed by atoms with E-state index in [1.807, 2.05) is 0 Å². The highest BCUT2D eigenvalue weighted by molar-refractivity contribution is 6.76. The molecule has 4 aliphatic rings. The third-order valence-electron chi connectivity index (χ3n) is 6.17. The molecule has 4 atom stereocenters. The van der Waals surface area contributed by atoms with Gasteiger partial charge in [-0.15, -0.1) is 0 Å². The minimum atomic E-state index is -1.13. The molecule has 2 aliphatic carbocycles. The summed E-state index contributed by atoms with van der Waals surface area (Å²) in [5.74, 6) is -0.741. The van der Waals surface area contributed by atoms with E-state index in [0.717, 1.165) is 31.7 Å². The number of hydrogen-bond donors (Lipinski definition) is 0. The van der Waals surface area contributed by atoms with Crippen LogP contribution in [0.2, 0.25) is 25.7 Å². The van der Waals surface area contributed by atoms with Gasteiger partial charge in [0.25, 0.3) is 0 Å². The zero-order valence-corrected chi connectivity index (χ0v) is 17.3.